The predicted octanol–water partition coefficient (Wildman–Crippen LogP) is 15.3. The Bertz CT molecular complexity index is 3520. The monoisotopic (exact) mass is 1030 g/mol. The smallest absolute Gasteiger partial charge is 0.148 e. The number of imidazole rings is 1. The van der Waals surface area contributed by atoms with Crippen LogP contribution in [0.5, 0.6) is 5.75 Å². The van der Waals surface area contributed by atoms with Crippen LogP contribution in [0, 0.1) is 12.0 Å². The van der Waals surface area contributed by atoms with E-state index in [1.54, 1.807) is 30.5 Å². The summed E-state index contributed by atoms with van der Waals surface area (Å²) in [6, 6.07) is 42.0. The van der Waals surface area contributed by atoms with Crippen molar-refractivity contribution in [3.63, 3.8) is 0 Å². The molecule has 2 aromatic heterocycles. The van der Waals surface area contributed by atoms with Crippen molar-refractivity contribution in [2.45, 2.75) is 98.4 Å². The first-order valence-corrected chi connectivity index (χ1v) is 20.6. The van der Waals surface area contributed by atoms with Gasteiger partial charge in [-0.1, -0.05) is 178 Å². The van der Waals surface area contributed by atoms with Gasteiger partial charge in [-0.25, -0.2) is 4.98 Å². The van der Waals surface area contributed by atoms with Crippen molar-refractivity contribution < 1.29 is 50.8 Å². The van der Waals surface area contributed by atoms with Gasteiger partial charge in [-0.3, -0.25) is 9.55 Å². The van der Waals surface area contributed by atoms with Crippen LogP contribution < -0.4 is 0 Å². The molecule has 324 valence electrons. The molecule has 4 nitrogen and oxygen atoms in total. The van der Waals surface area contributed by atoms with E-state index < -0.39 is 85.6 Å². The summed E-state index contributed by atoms with van der Waals surface area (Å²) in [5.74, 6) is -1.56. The number of hydrogen-bond acceptors (Lipinski definition) is 3. The van der Waals surface area contributed by atoms with E-state index in [-0.39, 0.29) is 38.0 Å². The van der Waals surface area contributed by atoms with Crippen molar-refractivity contribution in [2.75, 3.05) is 0 Å². The Morgan fingerprint density at radius 2 is 1.30 bits per heavy atom. The van der Waals surface area contributed by atoms with E-state index >= 15 is 0 Å². The molecule has 0 saturated carbocycles. The predicted molar refractivity (Wildman–Crippen MR) is 261 cm³/mol. The van der Waals surface area contributed by atoms with Crippen LogP contribution in [0.2, 0.25) is 0 Å². The molecular formula is C58H60N3OPt-. The summed E-state index contributed by atoms with van der Waals surface area (Å²) in [4.78, 5) is 9.96. The fourth-order valence-electron chi connectivity index (χ4n) is 7.95. The number of aromatic hydroxyl groups is 1. The molecule has 0 saturated heterocycles. The zero-order valence-corrected chi connectivity index (χ0v) is 37.9. The number of phenols is 1. The summed E-state index contributed by atoms with van der Waals surface area (Å²) in [5.41, 5.74) is -4.31. The summed E-state index contributed by atoms with van der Waals surface area (Å²) in [7, 11) is 0. The van der Waals surface area contributed by atoms with Gasteiger partial charge < -0.3 is 5.11 Å². The minimum Gasteiger partial charge on any atom is -0.507 e. The number of hydrogen-bond donors (Lipinski definition) is 1. The average Bonchev–Trinajstić information content (AvgIpc) is 3.66. The van der Waals surface area contributed by atoms with E-state index in [2.05, 4.69) is 19.9 Å². The Morgan fingerprint density at radius 1 is 0.635 bits per heavy atom. The molecule has 63 heavy (non-hydrogen) atoms. The number of phenolic OH excluding ortho intramolecular Hbond substituents is 1. The van der Waals surface area contributed by atoms with E-state index in [9.17, 15) is 5.11 Å². The molecule has 0 bridgehead atoms. The van der Waals surface area contributed by atoms with Crippen molar-refractivity contribution in [3.8, 4) is 67.5 Å². The Morgan fingerprint density at radius 3 is 1.97 bits per heavy atom. The molecule has 0 aliphatic rings. The van der Waals surface area contributed by atoms with Gasteiger partial charge in [-0.15, -0.1) is 29.3 Å². The third kappa shape index (κ3) is 9.39. The molecule has 8 rings (SSSR count). The molecule has 6 aromatic carbocycles. The van der Waals surface area contributed by atoms with Gasteiger partial charge in [0, 0.05) is 68.8 Å². The molecule has 5 heteroatoms. The summed E-state index contributed by atoms with van der Waals surface area (Å²) in [5, 5.41) is 13.0. The number of para-hydroxylation sites is 1. The van der Waals surface area contributed by atoms with Gasteiger partial charge in [0.2, 0.25) is 0 Å². The minimum atomic E-state index is -4.13. The van der Waals surface area contributed by atoms with Gasteiger partial charge in [-0.2, -0.15) is 0 Å². The van der Waals surface area contributed by atoms with Gasteiger partial charge >= 0.3 is 0 Å². The van der Waals surface area contributed by atoms with Crippen molar-refractivity contribution >= 4 is 11.0 Å². The Kier molecular flexibility index (Phi) is 7.68. The van der Waals surface area contributed by atoms with Gasteiger partial charge in [0.25, 0.3) is 0 Å². The van der Waals surface area contributed by atoms with Crippen molar-refractivity contribution in [1.29, 1.82) is 0 Å². The fourth-order valence-corrected chi connectivity index (χ4v) is 7.95. The van der Waals surface area contributed by atoms with E-state index in [4.69, 9.17) is 34.6 Å². The number of nitrogens with zero attached hydrogens (tertiary/aromatic N) is 3. The topological polar surface area (TPSA) is 50.9 Å². The average molecular weight is 1030 g/mol. The van der Waals surface area contributed by atoms with Gasteiger partial charge in [0.05, 0.1) is 22.3 Å². The standard InChI is InChI=1S/C58H60N3O.Pt/c1-37(2)29-38-25-26-51(47(30-38)40-21-16-13-17-22-40)61-52-24-18-23-46(53(52)60-55(61)48-35-45(57(6,7)8)36-49(54(48)62)58(9,10)11)42-31-43(33-44(32-42)56(3,4)5)50-34-41(27-28-59-50)39-19-14-12-15-20-39;/h12-28,30,32-37,62H,29H2,1-11H3;/q-1;/i6D3,7D3,8D3,9D3,10D3,11D3;. The van der Waals surface area contributed by atoms with Gasteiger partial charge in [0.1, 0.15) is 11.6 Å². The largest absolute Gasteiger partial charge is 0.507 e. The molecule has 0 fully saturated rings. The Balaban J connectivity index is 0.00000946. The maximum absolute atomic E-state index is 13.0. The molecule has 8 aromatic rings. The second-order valence-electron chi connectivity index (χ2n) is 17.4. The summed E-state index contributed by atoms with van der Waals surface area (Å²) >= 11 is 0. The number of pyridine rings is 1. The summed E-state index contributed by atoms with van der Waals surface area (Å²) in [6.07, 6.45) is 2.33. The number of benzene rings is 6. The second-order valence-corrected chi connectivity index (χ2v) is 17.4. The van der Waals surface area contributed by atoms with Crippen LogP contribution in [-0.2, 0) is 43.7 Å². The van der Waals surface area contributed by atoms with E-state index in [1.807, 2.05) is 118 Å². The first kappa shape index (κ1) is 27.6. The van der Waals surface area contributed by atoms with Crippen LogP contribution >= 0.6 is 0 Å². The van der Waals surface area contributed by atoms with Gasteiger partial charge in [-0.05, 0) is 86.7 Å². The Labute approximate surface area is 415 Å². The second kappa shape index (κ2) is 17.5. The Hall–Kier alpha value is -5.57. The van der Waals surface area contributed by atoms with E-state index in [0.29, 0.717) is 51.7 Å². The maximum atomic E-state index is 13.0. The molecule has 0 unspecified atom stereocenters. The molecule has 0 aliphatic heterocycles. The van der Waals surface area contributed by atoms with Crippen LogP contribution in [-0.4, -0.2) is 19.6 Å². The molecule has 1 N–H and O–H groups in total. The molecular weight excluding hydrogens is 950 g/mol. The molecule has 0 aliphatic carbocycles. The molecule has 0 atom stereocenters. The van der Waals surface area contributed by atoms with Crippen molar-refractivity contribution in [1.82, 2.24) is 14.5 Å². The number of fused-ring (bicyclic) bond motifs is 1. The minimum absolute atomic E-state index is 0. The first-order chi connectivity index (χ1) is 36.9. The van der Waals surface area contributed by atoms with E-state index in [0.717, 1.165) is 28.3 Å². The van der Waals surface area contributed by atoms with Crippen LogP contribution in [0.1, 0.15) is 123 Å². The van der Waals surface area contributed by atoms with Crippen LogP contribution in [0.3, 0.4) is 0 Å². The van der Waals surface area contributed by atoms with Crippen molar-refractivity contribution in [3.05, 3.63) is 168 Å². The third-order valence-corrected chi connectivity index (χ3v) is 11.1. The summed E-state index contributed by atoms with van der Waals surface area (Å²) < 4.78 is 159. The zero-order chi connectivity index (χ0) is 59.1. The van der Waals surface area contributed by atoms with Crippen LogP contribution in [0.25, 0.3) is 72.7 Å². The molecule has 0 spiro atoms. The SMILES string of the molecule is [2H]C([2H])([2H])C(c1cc(-c2nc3c(-c4[c-]c(-c5cc(-c6ccccc6)ccn5)cc(C(C)(C)C)c4)cccc3n2-c2ccc(CC(C)C)cc2-c2ccccc2)c(O)c(C(C([2H])([2H])[2H])(C([2H])([2H])[2H])C([2H])([2H])[2H])c1)(C([2H])([2H])[2H])C([2H])([2H])[2H].[Pt]. The molecule has 0 amide bonds. The number of rotatable bonds is 8. The third-order valence-electron chi connectivity index (χ3n) is 11.1. The maximum Gasteiger partial charge on any atom is 0.148 e. The molecule has 0 radical (unpaired) electrons. The van der Waals surface area contributed by atoms with Crippen LogP contribution in [0.15, 0.2) is 140 Å². The van der Waals surface area contributed by atoms with E-state index in [1.165, 1.54) is 4.57 Å². The van der Waals surface area contributed by atoms with Crippen LogP contribution in [0.4, 0.5) is 0 Å². The normalized spacial score (nSPS) is 17.6. The van der Waals surface area contributed by atoms with Crippen molar-refractivity contribution in [2.24, 2.45) is 5.92 Å². The summed E-state index contributed by atoms with van der Waals surface area (Å²) in [6.45, 7) is -14.3. The fraction of sp³-hybridized carbons (Fsp3) is 0.276. The zero-order valence-electron chi connectivity index (χ0n) is 53.7. The quantitative estimate of drug-likeness (QED) is 0.154. The van der Waals surface area contributed by atoms with Gasteiger partial charge in [0.15, 0.2) is 0 Å². The molecule has 2 heterocycles. The number of aromatic nitrogens is 3. The first-order valence-electron chi connectivity index (χ1n) is 29.6.